The van der Waals surface area contributed by atoms with E-state index >= 15 is 0 Å². The first kappa shape index (κ1) is 24.7. The van der Waals surface area contributed by atoms with E-state index in [1.165, 1.54) is 29.9 Å². The van der Waals surface area contributed by atoms with Crippen LogP contribution in [0.1, 0.15) is 47.3 Å². The molecule has 36 heavy (non-hydrogen) atoms. The first-order chi connectivity index (χ1) is 17.4. The molecule has 2 amide bonds. The lowest BCUT2D eigenvalue weighted by atomic mass is 9.92. The maximum atomic E-state index is 12.9. The molecule has 2 aromatic rings. The van der Waals surface area contributed by atoms with Gasteiger partial charge >= 0.3 is 0 Å². The Balaban J connectivity index is 1.42. The number of aryl methyl sites for hydroxylation is 1. The number of rotatable bonds is 8. The van der Waals surface area contributed by atoms with Crippen molar-refractivity contribution in [1.29, 1.82) is 0 Å². The van der Waals surface area contributed by atoms with E-state index in [1.54, 1.807) is 12.1 Å². The van der Waals surface area contributed by atoms with E-state index in [0.29, 0.717) is 16.8 Å². The molecule has 5 rings (SSSR count). The van der Waals surface area contributed by atoms with Gasteiger partial charge in [-0.1, -0.05) is 0 Å². The molecule has 1 aromatic carbocycles. The van der Waals surface area contributed by atoms with Gasteiger partial charge < -0.3 is 15.2 Å². The Bertz CT molecular complexity index is 1310. The van der Waals surface area contributed by atoms with Crippen molar-refractivity contribution < 1.29 is 18.0 Å². The fraction of sp³-hybridized carbons (Fsp3) is 0.462. The highest BCUT2D eigenvalue weighted by molar-refractivity contribution is 7.89. The van der Waals surface area contributed by atoms with Crippen LogP contribution in [0.25, 0.3) is 11.6 Å². The van der Waals surface area contributed by atoms with Crippen molar-refractivity contribution in [3.8, 4) is 0 Å². The topological polar surface area (TPSA) is 115 Å². The van der Waals surface area contributed by atoms with Crippen molar-refractivity contribution in [2.75, 3.05) is 45.1 Å². The molecule has 2 aliphatic heterocycles. The normalized spacial score (nSPS) is 19.3. The van der Waals surface area contributed by atoms with Crippen LogP contribution < -0.4 is 10.0 Å². The number of hydrogen-bond donors (Lipinski definition) is 3. The summed E-state index contributed by atoms with van der Waals surface area (Å²) >= 11 is 0. The maximum Gasteiger partial charge on any atom is 0.256 e. The van der Waals surface area contributed by atoms with Crippen molar-refractivity contribution >= 4 is 39.7 Å². The second-order valence-corrected chi connectivity index (χ2v) is 11.6. The molecule has 1 aromatic heterocycles. The van der Waals surface area contributed by atoms with E-state index in [0.717, 1.165) is 83.4 Å². The zero-order valence-corrected chi connectivity index (χ0v) is 21.4. The Morgan fingerprint density at radius 3 is 2.64 bits per heavy atom. The van der Waals surface area contributed by atoms with Gasteiger partial charge in [-0.25, -0.2) is 13.1 Å². The Hall–Kier alpha value is -2.95. The van der Waals surface area contributed by atoms with E-state index in [9.17, 15) is 18.0 Å². The molecule has 192 valence electrons. The minimum Gasteiger partial charge on any atom is -0.358 e. The quantitative estimate of drug-likeness (QED) is 0.371. The fourth-order valence-electron chi connectivity index (χ4n) is 5.50. The Kier molecular flexibility index (Phi) is 7.00. The van der Waals surface area contributed by atoms with Gasteiger partial charge in [0.2, 0.25) is 16.4 Å². The van der Waals surface area contributed by atoms with E-state index in [1.807, 2.05) is 11.0 Å². The molecular formula is C26H33N5O4S. The molecule has 0 bridgehead atoms. The number of carbonyl (C=O) groups excluding carboxylic acids is 2. The average molecular weight is 512 g/mol. The molecule has 3 heterocycles. The summed E-state index contributed by atoms with van der Waals surface area (Å²) in [6, 6.07) is 4.71. The van der Waals surface area contributed by atoms with Gasteiger partial charge in [-0.2, -0.15) is 0 Å². The third kappa shape index (κ3) is 4.85. The van der Waals surface area contributed by atoms with E-state index < -0.39 is 10.0 Å². The van der Waals surface area contributed by atoms with Gasteiger partial charge in [0.05, 0.1) is 10.5 Å². The van der Waals surface area contributed by atoms with E-state index in [-0.39, 0.29) is 10.8 Å². The summed E-state index contributed by atoms with van der Waals surface area (Å²) in [7, 11) is -2.25. The lowest BCUT2D eigenvalue weighted by Crippen LogP contribution is -2.45. The van der Waals surface area contributed by atoms with Gasteiger partial charge in [0.15, 0.2) is 0 Å². The maximum absolute atomic E-state index is 12.9. The smallest absolute Gasteiger partial charge is 0.256 e. The van der Waals surface area contributed by atoms with Gasteiger partial charge in [0, 0.05) is 48.8 Å². The minimum atomic E-state index is -3.62. The SMILES string of the molecule is CNS(=O)(=O)c1ccc2c(c1)C(=Cc1[nH]c3c(c1CCCN1CCN(C=O)CC1)CCCC3)C(=O)N2. The lowest BCUT2D eigenvalue weighted by Gasteiger charge is -2.32. The van der Waals surface area contributed by atoms with Crippen LogP contribution in [0.15, 0.2) is 23.1 Å². The number of benzene rings is 1. The number of nitrogens with one attached hydrogen (secondary N) is 3. The molecule has 0 spiro atoms. The Morgan fingerprint density at radius 1 is 1.11 bits per heavy atom. The first-order valence-electron chi connectivity index (χ1n) is 12.6. The third-order valence-electron chi connectivity index (χ3n) is 7.54. The van der Waals surface area contributed by atoms with Crippen LogP contribution in [-0.2, 0) is 38.9 Å². The van der Waals surface area contributed by atoms with Crippen molar-refractivity contribution in [2.24, 2.45) is 0 Å². The summed E-state index contributed by atoms with van der Waals surface area (Å²) < 4.78 is 27.0. The highest BCUT2D eigenvalue weighted by atomic mass is 32.2. The lowest BCUT2D eigenvalue weighted by molar-refractivity contribution is -0.119. The van der Waals surface area contributed by atoms with Crippen molar-refractivity contribution in [2.45, 2.75) is 43.4 Å². The van der Waals surface area contributed by atoms with Crippen LogP contribution >= 0.6 is 0 Å². The molecule has 3 N–H and O–H groups in total. The molecule has 0 radical (unpaired) electrons. The predicted octanol–water partition coefficient (Wildman–Crippen LogP) is 2.00. The summed E-state index contributed by atoms with van der Waals surface area (Å²) in [5.74, 6) is -0.226. The second kappa shape index (κ2) is 10.2. The van der Waals surface area contributed by atoms with Crippen LogP contribution in [0.4, 0.5) is 5.69 Å². The van der Waals surface area contributed by atoms with Gasteiger partial charge in [-0.3, -0.25) is 14.5 Å². The van der Waals surface area contributed by atoms with E-state index in [2.05, 4.69) is 19.9 Å². The number of aromatic nitrogens is 1. The van der Waals surface area contributed by atoms with Crippen LogP contribution in [0.2, 0.25) is 0 Å². The number of aromatic amines is 1. The van der Waals surface area contributed by atoms with Crippen LogP contribution in [-0.4, -0.2) is 75.3 Å². The summed E-state index contributed by atoms with van der Waals surface area (Å²) in [5, 5.41) is 2.87. The van der Waals surface area contributed by atoms with Crippen molar-refractivity contribution in [3.63, 3.8) is 0 Å². The molecule has 0 unspecified atom stereocenters. The monoisotopic (exact) mass is 511 g/mol. The molecule has 10 heteroatoms. The zero-order chi connectivity index (χ0) is 25.3. The number of hydrogen-bond acceptors (Lipinski definition) is 5. The first-order valence-corrected chi connectivity index (χ1v) is 14.1. The molecule has 1 saturated heterocycles. The molecule has 9 nitrogen and oxygen atoms in total. The van der Waals surface area contributed by atoms with Gasteiger partial charge in [0.25, 0.3) is 5.91 Å². The molecule has 1 fully saturated rings. The number of nitrogens with zero attached hydrogens (tertiary/aromatic N) is 2. The van der Waals surface area contributed by atoms with Gasteiger partial charge in [0.1, 0.15) is 0 Å². The molecular weight excluding hydrogens is 478 g/mol. The zero-order valence-electron chi connectivity index (χ0n) is 20.6. The van der Waals surface area contributed by atoms with Crippen molar-refractivity contribution in [3.05, 3.63) is 46.3 Å². The summed E-state index contributed by atoms with van der Waals surface area (Å²) in [6.07, 6.45) is 9.08. The standard InChI is InChI=1S/C26H33N5O4S/c1-27-36(34,35)18-8-9-24-21(15-18)22(26(33)29-24)16-25-20(19-5-2-3-7-23(19)28-25)6-4-10-30-11-13-31(17-32)14-12-30/h8-9,15-17,27-28H,2-7,10-14H2,1H3,(H,29,33). The Morgan fingerprint density at radius 2 is 1.89 bits per heavy atom. The molecule has 0 atom stereocenters. The number of carbonyl (C=O) groups is 2. The fourth-order valence-corrected chi connectivity index (χ4v) is 6.25. The minimum absolute atomic E-state index is 0.131. The molecule has 3 aliphatic rings. The summed E-state index contributed by atoms with van der Waals surface area (Å²) in [6.45, 7) is 4.32. The third-order valence-corrected chi connectivity index (χ3v) is 8.95. The second-order valence-electron chi connectivity index (χ2n) is 9.70. The van der Waals surface area contributed by atoms with Crippen LogP contribution in [0.5, 0.6) is 0 Å². The predicted molar refractivity (Wildman–Crippen MR) is 139 cm³/mol. The number of piperazine rings is 1. The summed E-state index contributed by atoms with van der Waals surface area (Å²) in [5.41, 5.74) is 6.55. The van der Waals surface area contributed by atoms with Gasteiger partial charge in [-0.15, -0.1) is 0 Å². The number of fused-ring (bicyclic) bond motifs is 2. The number of H-pyrrole nitrogens is 1. The molecule has 1 aliphatic carbocycles. The highest BCUT2D eigenvalue weighted by Crippen LogP contribution is 2.37. The van der Waals surface area contributed by atoms with Gasteiger partial charge in [-0.05, 0) is 87.5 Å². The largest absolute Gasteiger partial charge is 0.358 e. The van der Waals surface area contributed by atoms with Crippen LogP contribution in [0.3, 0.4) is 0 Å². The number of anilines is 1. The number of sulfonamides is 1. The molecule has 0 saturated carbocycles. The highest BCUT2D eigenvalue weighted by Gasteiger charge is 2.28. The summed E-state index contributed by atoms with van der Waals surface area (Å²) in [4.78, 5) is 31.8. The number of amides is 2. The van der Waals surface area contributed by atoms with Crippen molar-refractivity contribution in [1.82, 2.24) is 19.5 Å². The van der Waals surface area contributed by atoms with E-state index in [4.69, 9.17) is 0 Å². The average Bonchev–Trinajstić information content (AvgIpc) is 3.40. The Labute approximate surface area is 212 Å². The van der Waals surface area contributed by atoms with Crippen LogP contribution in [0, 0.1) is 0 Å².